The molecule has 0 aliphatic carbocycles. The lowest BCUT2D eigenvalue weighted by molar-refractivity contribution is -0.140. The summed E-state index contributed by atoms with van der Waals surface area (Å²) in [6, 6.07) is 12.2. The number of thiazole rings is 1. The Morgan fingerprint density at radius 2 is 1.79 bits per heavy atom. The number of esters is 2. The number of aromatic nitrogens is 1. The van der Waals surface area contributed by atoms with Gasteiger partial charge < -0.3 is 19.1 Å². The van der Waals surface area contributed by atoms with Crippen LogP contribution in [0.2, 0.25) is 0 Å². The highest BCUT2D eigenvalue weighted by Gasteiger charge is 2.34. The van der Waals surface area contributed by atoms with Crippen LogP contribution in [0.5, 0.6) is 11.5 Å². The second-order valence-corrected chi connectivity index (χ2v) is 11.4. The van der Waals surface area contributed by atoms with Crippen LogP contribution in [-0.4, -0.2) is 43.3 Å². The molecule has 0 saturated heterocycles. The van der Waals surface area contributed by atoms with Crippen LogP contribution >= 0.6 is 11.3 Å². The molecule has 9 nitrogen and oxygen atoms in total. The molecule has 42 heavy (non-hydrogen) atoms. The molecule has 0 bridgehead atoms. The molecule has 1 aliphatic rings. The van der Waals surface area contributed by atoms with Gasteiger partial charge in [0.25, 0.3) is 5.56 Å². The lowest BCUT2D eigenvalue weighted by Gasteiger charge is -2.25. The van der Waals surface area contributed by atoms with Crippen molar-refractivity contribution in [3.8, 4) is 11.5 Å². The summed E-state index contributed by atoms with van der Waals surface area (Å²) in [5, 5.41) is 0. The van der Waals surface area contributed by atoms with Gasteiger partial charge in [-0.3, -0.25) is 14.2 Å². The number of allylic oxidation sites excluding steroid dienone is 1. The number of fused-ring (bicyclic) bond motifs is 1. The highest BCUT2D eigenvalue weighted by atomic mass is 32.1. The molecule has 222 valence electrons. The Balaban J connectivity index is 1.87. The normalized spacial score (nSPS) is 14.9. The number of hydrogen-bond donors (Lipinski definition) is 0. The molecule has 2 heterocycles. The fourth-order valence-corrected chi connectivity index (χ4v) is 5.88. The number of benzene rings is 2. The maximum atomic E-state index is 14.0. The van der Waals surface area contributed by atoms with E-state index < -0.39 is 18.0 Å². The van der Waals surface area contributed by atoms with Gasteiger partial charge in [-0.05, 0) is 68.2 Å². The van der Waals surface area contributed by atoms with Crippen molar-refractivity contribution in [2.24, 2.45) is 10.9 Å². The van der Waals surface area contributed by atoms with Crippen LogP contribution in [0.1, 0.15) is 58.7 Å². The predicted octanol–water partition coefficient (Wildman–Crippen LogP) is 4.21. The minimum Gasteiger partial charge on any atom is -0.493 e. The quantitative estimate of drug-likeness (QED) is 0.257. The number of rotatable bonds is 10. The van der Waals surface area contributed by atoms with E-state index >= 15 is 0 Å². The van der Waals surface area contributed by atoms with E-state index in [1.165, 1.54) is 29.9 Å². The molecule has 1 aromatic heterocycles. The van der Waals surface area contributed by atoms with Gasteiger partial charge in [-0.15, -0.1) is 0 Å². The molecular formula is C32H37N3O6S. The third-order valence-corrected chi connectivity index (χ3v) is 7.85. The second kappa shape index (κ2) is 13.2. The number of nitrogens with zero attached hydrogens (tertiary/aromatic N) is 3. The zero-order valence-electron chi connectivity index (χ0n) is 25.1. The first-order chi connectivity index (χ1) is 20.1. The maximum Gasteiger partial charge on any atom is 0.338 e. The monoisotopic (exact) mass is 591 g/mol. The third kappa shape index (κ3) is 6.49. The van der Waals surface area contributed by atoms with E-state index in [-0.39, 0.29) is 29.4 Å². The van der Waals surface area contributed by atoms with Gasteiger partial charge in [0.2, 0.25) is 0 Å². The molecule has 0 unspecified atom stereocenters. The Bertz CT molecular complexity index is 1680. The summed E-state index contributed by atoms with van der Waals surface area (Å²) in [7, 11) is 1.46. The number of carbonyl (C=O) groups excluding carboxylic acids is 2. The fourth-order valence-electron chi connectivity index (χ4n) is 4.83. The van der Waals surface area contributed by atoms with E-state index in [0.29, 0.717) is 26.3 Å². The molecule has 0 saturated carbocycles. The maximum absolute atomic E-state index is 14.0. The van der Waals surface area contributed by atoms with Crippen LogP contribution in [0, 0.1) is 5.92 Å². The number of ether oxygens (including phenoxy) is 3. The summed E-state index contributed by atoms with van der Waals surface area (Å²) < 4.78 is 18.4. The summed E-state index contributed by atoms with van der Waals surface area (Å²) in [6.07, 6.45) is 1.84. The minimum atomic E-state index is -0.826. The van der Waals surface area contributed by atoms with Crippen LogP contribution in [0.4, 0.5) is 5.69 Å². The first kappa shape index (κ1) is 30.8. The van der Waals surface area contributed by atoms with Gasteiger partial charge in [-0.2, -0.15) is 0 Å². The molecule has 0 fully saturated rings. The van der Waals surface area contributed by atoms with E-state index in [9.17, 15) is 14.4 Å². The lowest BCUT2D eigenvalue weighted by atomic mass is 9.95. The zero-order chi connectivity index (χ0) is 30.6. The van der Waals surface area contributed by atoms with Crippen molar-refractivity contribution in [2.75, 3.05) is 31.7 Å². The molecule has 1 aliphatic heterocycles. The molecule has 0 amide bonds. The first-order valence-electron chi connectivity index (χ1n) is 14.0. The van der Waals surface area contributed by atoms with Crippen molar-refractivity contribution in [1.82, 2.24) is 4.57 Å². The summed E-state index contributed by atoms with van der Waals surface area (Å²) in [6.45, 7) is 13.2. The fraction of sp³-hybridized carbons (Fsp3) is 0.375. The number of carbonyl (C=O) groups is 2. The van der Waals surface area contributed by atoms with Gasteiger partial charge >= 0.3 is 11.9 Å². The van der Waals surface area contributed by atoms with E-state index in [1.807, 2.05) is 44.2 Å². The van der Waals surface area contributed by atoms with Crippen LogP contribution in [-0.2, 0) is 14.3 Å². The Morgan fingerprint density at radius 3 is 2.38 bits per heavy atom. The Morgan fingerprint density at radius 1 is 1.10 bits per heavy atom. The molecule has 1 atom stereocenters. The van der Waals surface area contributed by atoms with Crippen molar-refractivity contribution in [3.05, 3.63) is 84.5 Å². The Labute approximate surface area is 249 Å². The standard InChI is InChI=1S/C32H37N3O6S/c1-8-34(9-2)24-13-10-22(11-14-24)16-27-30(37)35-29(23-12-15-25(41-21(6)36)26(17-23)39-7)28(20(5)33-32(35)42-27)31(38)40-18-19(3)4/h10-17,19,29H,8-9,18H2,1-7H3/b27-16+/t29-/m1/s1. The van der Waals surface area contributed by atoms with Gasteiger partial charge in [-0.25, -0.2) is 9.79 Å². The van der Waals surface area contributed by atoms with Crippen LogP contribution in [0.25, 0.3) is 6.08 Å². The van der Waals surface area contributed by atoms with E-state index in [2.05, 4.69) is 23.7 Å². The van der Waals surface area contributed by atoms with Crippen molar-refractivity contribution < 1.29 is 23.8 Å². The van der Waals surface area contributed by atoms with Gasteiger partial charge in [0.05, 0.1) is 35.6 Å². The molecule has 10 heteroatoms. The SMILES string of the molecule is CCN(CC)c1ccc(/C=c2/sc3n(c2=O)[C@H](c2ccc(OC(C)=O)c(OC)c2)C(C(=O)OCC(C)C)=C(C)N=3)cc1. The molecule has 0 spiro atoms. The third-order valence-electron chi connectivity index (χ3n) is 6.87. The highest BCUT2D eigenvalue weighted by Crippen LogP contribution is 2.36. The molecular weight excluding hydrogens is 554 g/mol. The van der Waals surface area contributed by atoms with Crippen LogP contribution in [0.3, 0.4) is 0 Å². The molecule has 2 aromatic carbocycles. The van der Waals surface area contributed by atoms with Crippen LogP contribution < -0.4 is 29.3 Å². The minimum absolute atomic E-state index is 0.130. The molecule has 4 rings (SSSR count). The number of hydrogen-bond acceptors (Lipinski definition) is 9. The smallest absolute Gasteiger partial charge is 0.338 e. The molecule has 3 aromatic rings. The van der Waals surface area contributed by atoms with Crippen molar-refractivity contribution >= 4 is 35.0 Å². The van der Waals surface area contributed by atoms with E-state index in [1.54, 1.807) is 25.1 Å². The van der Waals surface area contributed by atoms with E-state index in [0.717, 1.165) is 24.3 Å². The summed E-state index contributed by atoms with van der Waals surface area (Å²) >= 11 is 1.26. The largest absolute Gasteiger partial charge is 0.493 e. The first-order valence-corrected chi connectivity index (χ1v) is 14.8. The topological polar surface area (TPSA) is 99.4 Å². The van der Waals surface area contributed by atoms with Gasteiger partial charge in [-0.1, -0.05) is 43.4 Å². The Hall–Kier alpha value is -4.18. The van der Waals surface area contributed by atoms with Crippen molar-refractivity contribution in [2.45, 2.75) is 47.6 Å². The summed E-state index contributed by atoms with van der Waals surface area (Å²) in [5.41, 5.74) is 3.04. The average molecular weight is 592 g/mol. The van der Waals surface area contributed by atoms with Crippen LogP contribution in [0.15, 0.2) is 63.5 Å². The summed E-state index contributed by atoms with van der Waals surface area (Å²) in [4.78, 5) is 46.4. The Kier molecular flexibility index (Phi) is 9.67. The zero-order valence-corrected chi connectivity index (χ0v) is 25.9. The predicted molar refractivity (Wildman–Crippen MR) is 164 cm³/mol. The van der Waals surface area contributed by atoms with Crippen molar-refractivity contribution in [3.63, 3.8) is 0 Å². The van der Waals surface area contributed by atoms with Gasteiger partial charge in [0.1, 0.15) is 0 Å². The molecule has 0 radical (unpaired) electrons. The molecule has 0 N–H and O–H groups in total. The van der Waals surface area contributed by atoms with Crippen molar-refractivity contribution in [1.29, 1.82) is 0 Å². The van der Waals surface area contributed by atoms with Gasteiger partial charge in [0.15, 0.2) is 16.3 Å². The average Bonchev–Trinajstić information content (AvgIpc) is 3.26. The second-order valence-electron chi connectivity index (χ2n) is 10.3. The number of anilines is 1. The van der Waals surface area contributed by atoms with Gasteiger partial charge in [0, 0.05) is 25.7 Å². The highest BCUT2D eigenvalue weighted by molar-refractivity contribution is 7.07. The van der Waals surface area contributed by atoms with E-state index in [4.69, 9.17) is 14.2 Å². The number of methoxy groups -OCH3 is 1. The summed E-state index contributed by atoms with van der Waals surface area (Å²) in [5.74, 6) is -0.376. The lowest BCUT2D eigenvalue weighted by Crippen LogP contribution is -2.40.